The summed E-state index contributed by atoms with van der Waals surface area (Å²) in [6.45, 7) is 4.30. The fraction of sp³-hybridized carbons (Fsp3) is 0.588. The number of nitrogens with zero attached hydrogens (tertiary/aromatic N) is 1. The third-order valence-corrected chi connectivity index (χ3v) is 4.74. The molecular weight excluding hydrogens is 280 g/mol. The zero-order valence-electron chi connectivity index (χ0n) is 13.2. The molecule has 1 heterocycles. The minimum Gasteiger partial charge on any atom is -0.319 e. The second-order valence-corrected chi connectivity index (χ2v) is 6.68. The van der Waals surface area contributed by atoms with E-state index in [2.05, 4.69) is 42.5 Å². The standard InChI is InChI=1S/C17H26N2OS/c1-4-8-15-17(20)19(13(2)11-12-21-3)16(18-15)14-9-6-5-7-10-14/h5-7,9-10,13,15-16,18H,4,8,11-12H2,1-3H3. The van der Waals surface area contributed by atoms with Crippen molar-refractivity contribution < 1.29 is 4.79 Å². The maximum Gasteiger partial charge on any atom is 0.241 e. The summed E-state index contributed by atoms with van der Waals surface area (Å²) >= 11 is 1.84. The smallest absolute Gasteiger partial charge is 0.241 e. The molecule has 3 nitrogen and oxygen atoms in total. The zero-order valence-corrected chi connectivity index (χ0v) is 14.0. The van der Waals surface area contributed by atoms with Crippen molar-refractivity contribution in [2.24, 2.45) is 0 Å². The molecule has 2 rings (SSSR count). The molecule has 0 radical (unpaired) electrons. The van der Waals surface area contributed by atoms with Crippen molar-refractivity contribution in [2.45, 2.75) is 51.4 Å². The monoisotopic (exact) mass is 306 g/mol. The number of rotatable bonds is 7. The molecule has 0 aliphatic carbocycles. The maximum absolute atomic E-state index is 12.7. The van der Waals surface area contributed by atoms with Gasteiger partial charge in [0.2, 0.25) is 5.91 Å². The zero-order chi connectivity index (χ0) is 15.2. The van der Waals surface area contributed by atoms with Gasteiger partial charge >= 0.3 is 0 Å². The largest absolute Gasteiger partial charge is 0.319 e. The molecule has 1 aromatic rings. The molecule has 3 atom stereocenters. The molecule has 1 saturated heterocycles. The number of thioether (sulfide) groups is 1. The summed E-state index contributed by atoms with van der Waals surface area (Å²) in [5.74, 6) is 1.35. The van der Waals surface area contributed by atoms with Crippen LogP contribution in [0.1, 0.15) is 44.8 Å². The molecule has 0 saturated carbocycles. The minimum absolute atomic E-state index is 0.0205. The molecule has 0 aromatic heterocycles. The summed E-state index contributed by atoms with van der Waals surface area (Å²) in [7, 11) is 0. The van der Waals surface area contributed by atoms with Crippen LogP contribution in [0.5, 0.6) is 0 Å². The van der Waals surface area contributed by atoms with Crippen LogP contribution >= 0.6 is 11.8 Å². The van der Waals surface area contributed by atoms with Crippen LogP contribution in [0.2, 0.25) is 0 Å². The van der Waals surface area contributed by atoms with Crippen molar-refractivity contribution in [1.82, 2.24) is 10.2 Å². The van der Waals surface area contributed by atoms with Gasteiger partial charge in [-0.3, -0.25) is 10.1 Å². The van der Waals surface area contributed by atoms with Gasteiger partial charge < -0.3 is 4.90 Å². The normalized spacial score (nSPS) is 23.6. The van der Waals surface area contributed by atoms with Crippen molar-refractivity contribution in [3.63, 3.8) is 0 Å². The van der Waals surface area contributed by atoms with Crippen molar-refractivity contribution in [2.75, 3.05) is 12.0 Å². The van der Waals surface area contributed by atoms with Gasteiger partial charge in [-0.2, -0.15) is 11.8 Å². The Balaban J connectivity index is 2.20. The minimum atomic E-state index is -0.0306. The summed E-state index contributed by atoms with van der Waals surface area (Å²) in [5.41, 5.74) is 1.18. The average Bonchev–Trinajstić information content (AvgIpc) is 2.83. The van der Waals surface area contributed by atoms with Crippen molar-refractivity contribution in [3.8, 4) is 0 Å². The van der Waals surface area contributed by atoms with Gasteiger partial charge in [0, 0.05) is 6.04 Å². The lowest BCUT2D eigenvalue weighted by Crippen LogP contribution is -2.38. The molecule has 0 spiro atoms. The van der Waals surface area contributed by atoms with E-state index in [9.17, 15) is 4.79 Å². The number of carbonyl (C=O) groups excluding carboxylic acids is 1. The molecule has 1 aliphatic heterocycles. The number of benzene rings is 1. The predicted molar refractivity (Wildman–Crippen MR) is 90.3 cm³/mol. The van der Waals surface area contributed by atoms with E-state index < -0.39 is 0 Å². The van der Waals surface area contributed by atoms with Gasteiger partial charge in [0.25, 0.3) is 0 Å². The van der Waals surface area contributed by atoms with Crippen molar-refractivity contribution in [3.05, 3.63) is 35.9 Å². The van der Waals surface area contributed by atoms with E-state index in [1.54, 1.807) is 0 Å². The number of amides is 1. The van der Waals surface area contributed by atoms with Gasteiger partial charge in [0.05, 0.1) is 6.04 Å². The Morgan fingerprint density at radius 3 is 2.67 bits per heavy atom. The molecule has 3 unspecified atom stereocenters. The predicted octanol–water partition coefficient (Wildman–Crippen LogP) is 3.43. The molecule has 1 N–H and O–H groups in total. The number of hydrogen-bond donors (Lipinski definition) is 1. The third-order valence-electron chi connectivity index (χ3n) is 4.10. The fourth-order valence-electron chi connectivity index (χ4n) is 2.94. The quantitative estimate of drug-likeness (QED) is 0.837. The topological polar surface area (TPSA) is 32.3 Å². The van der Waals surface area contributed by atoms with E-state index in [0.717, 1.165) is 25.0 Å². The van der Waals surface area contributed by atoms with Crippen LogP contribution in [0.15, 0.2) is 30.3 Å². The SMILES string of the molecule is CCCC1NC(c2ccccc2)N(C(C)CCSC)C1=O. The van der Waals surface area contributed by atoms with Crippen LogP contribution in [-0.2, 0) is 4.79 Å². The summed E-state index contributed by atoms with van der Waals surface area (Å²) in [4.78, 5) is 14.8. The lowest BCUT2D eigenvalue weighted by Gasteiger charge is -2.30. The van der Waals surface area contributed by atoms with E-state index in [1.165, 1.54) is 5.56 Å². The van der Waals surface area contributed by atoms with Crippen molar-refractivity contribution in [1.29, 1.82) is 0 Å². The Labute approximate surface area is 132 Å². The van der Waals surface area contributed by atoms with Crippen LogP contribution in [0, 0.1) is 0 Å². The average molecular weight is 306 g/mol. The third kappa shape index (κ3) is 3.80. The van der Waals surface area contributed by atoms with Crippen LogP contribution in [-0.4, -0.2) is 34.9 Å². The Hall–Kier alpha value is -1.00. The van der Waals surface area contributed by atoms with Crippen LogP contribution in [0.4, 0.5) is 0 Å². The highest BCUT2D eigenvalue weighted by Gasteiger charge is 2.41. The maximum atomic E-state index is 12.7. The molecule has 1 amide bonds. The first-order valence-corrected chi connectivity index (χ1v) is 9.20. The van der Waals surface area contributed by atoms with E-state index >= 15 is 0 Å². The van der Waals surface area contributed by atoms with E-state index in [-0.39, 0.29) is 24.2 Å². The highest BCUT2D eigenvalue weighted by atomic mass is 32.2. The first-order valence-electron chi connectivity index (χ1n) is 7.81. The lowest BCUT2D eigenvalue weighted by atomic mass is 10.1. The molecule has 1 aromatic carbocycles. The van der Waals surface area contributed by atoms with Crippen LogP contribution in [0.25, 0.3) is 0 Å². The van der Waals surface area contributed by atoms with Gasteiger partial charge in [-0.25, -0.2) is 0 Å². The second-order valence-electron chi connectivity index (χ2n) is 5.70. The van der Waals surface area contributed by atoms with Crippen molar-refractivity contribution >= 4 is 17.7 Å². The summed E-state index contributed by atoms with van der Waals surface area (Å²) < 4.78 is 0. The Morgan fingerprint density at radius 1 is 1.33 bits per heavy atom. The van der Waals surface area contributed by atoms with Gasteiger partial charge in [-0.15, -0.1) is 0 Å². The molecule has 4 heteroatoms. The Bertz CT molecular complexity index is 451. The first-order chi connectivity index (χ1) is 10.2. The number of hydrogen-bond acceptors (Lipinski definition) is 3. The lowest BCUT2D eigenvalue weighted by molar-refractivity contribution is -0.132. The summed E-state index contributed by atoms with van der Waals surface area (Å²) in [6, 6.07) is 10.5. The van der Waals surface area contributed by atoms with Crippen LogP contribution < -0.4 is 5.32 Å². The number of carbonyl (C=O) groups is 1. The summed E-state index contributed by atoms with van der Waals surface area (Å²) in [5, 5.41) is 3.53. The van der Waals surface area contributed by atoms with E-state index in [0.29, 0.717) is 0 Å². The van der Waals surface area contributed by atoms with Gasteiger partial charge in [-0.05, 0) is 37.3 Å². The first kappa shape index (κ1) is 16.4. The summed E-state index contributed by atoms with van der Waals surface area (Å²) in [6.07, 6.45) is 5.11. The molecule has 116 valence electrons. The second kappa shape index (κ2) is 7.85. The highest BCUT2D eigenvalue weighted by molar-refractivity contribution is 7.98. The Kier molecular flexibility index (Phi) is 6.12. The van der Waals surface area contributed by atoms with E-state index in [4.69, 9.17) is 0 Å². The fourth-order valence-corrected chi connectivity index (χ4v) is 3.51. The van der Waals surface area contributed by atoms with Gasteiger partial charge in [-0.1, -0.05) is 43.7 Å². The number of nitrogens with one attached hydrogen (secondary N) is 1. The Morgan fingerprint density at radius 2 is 2.05 bits per heavy atom. The van der Waals surface area contributed by atoms with Gasteiger partial charge in [0.15, 0.2) is 0 Å². The molecular formula is C17H26N2OS. The van der Waals surface area contributed by atoms with E-state index in [1.807, 2.05) is 30.0 Å². The van der Waals surface area contributed by atoms with Gasteiger partial charge in [0.1, 0.15) is 6.17 Å². The molecule has 1 fully saturated rings. The molecule has 1 aliphatic rings. The van der Waals surface area contributed by atoms with Crippen LogP contribution in [0.3, 0.4) is 0 Å². The highest BCUT2D eigenvalue weighted by Crippen LogP contribution is 2.30. The molecule has 0 bridgehead atoms. The molecule has 21 heavy (non-hydrogen) atoms.